The lowest BCUT2D eigenvalue weighted by Gasteiger charge is -2.25. The molecule has 0 bridgehead atoms. The van der Waals surface area contributed by atoms with Crippen molar-refractivity contribution in [3.63, 3.8) is 0 Å². The summed E-state index contributed by atoms with van der Waals surface area (Å²) in [6, 6.07) is 2.68. The number of benzene rings is 1. The van der Waals surface area contributed by atoms with Crippen molar-refractivity contribution >= 4 is 27.4 Å². The summed E-state index contributed by atoms with van der Waals surface area (Å²) < 4.78 is 41.6. The van der Waals surface area contributed by atoms with Gasteiger partial charge >= 0.3 is 10.2 Å². The number of hydrogen-bond acceptors (Lipinski definition) is 5. The molecule has 1 fully saturated rings. The molecule has 0 saturated carbocycles. The highest BCUT2D eigenvalue weighted by atomic mass is 32.2. The Balaban J connectivity index is 2.03. The Kier molecular flexibility index (Phi) is 4.94. The summed E-state index contributed by atoms with van der Waals surface area (Å²) >= 11 is 0. The molecule has 3 N–H and O–H groups in total. The first kappa shape index (κ1) is 18.7. The number of anilines is 1. The van der Waals surface area contributed by atoms with Gasteiger partial charge in [-0.05, 0) is 36.0 Å². The van der Waals surface area contributed by atoms with Crippen molar-refractivity contribution < 1.29 is 22.7 Å². The Morgan fingerprint density at radius 1 is 1.38 bits per heavy atom. The number of halogens is 1. The number of phenolic OH excluding ortho intramolecular Hbond substituents is 1. The normalized spacial score (nSPS) is 22.5. The van der Waals surface area contributed by atoms with Gasteiger partial charge in [0.05, 0.1) is 0 Å². The number of hydrogen-bond donors (Lipinski definition) is 3. The fourth-order valence-corrected chi connectivity index (χ4v) is 4.59. The predicted molar refractivity (Wildman–Crippen MR) is 96.3 cm³/mol. The number of aromatic hydroxyl groups is 1. The first-order chi connectivity index (χ1) is 12.2. The number of amides is 1. The molecule has 1 saturated heterocycles. The van der Waals surface area contributed by atoms with Gasteiger partial charge in [-0.15, -0.1) is 0 Å². The lowest BCUT2D eigenvalue weighted by Crippen LogP contribution is -2.31. The Morgan fingerprint density at radius 2 is 2.12 bits per heavy atom. The van der Waals surface area contributed by atoms with Crippen molar-refractivity contribution in [1.82, 2.24) is 10.0 Å². The molecule has 7 nitrogen and oxygen atoms in total. The average molecular weight is 383 g/mol. The van der Waals surface area contributed by atoms with Crippen molar-refractivity contribution in [3.8, 4) is 5.75 Å². The van der Waals surface area contributed by atoms with E-state index in [1.807, 2.05) is 6.08 Å². The maximum atomic E-state index is 15.2. The number of nitrogens with one attached hydrogen (secondary N) is 2. The number of carbonyl (C=O) groups excluding carboxylic acids is 1. The zero-order chi connectivity index (χ0) is 19.1. The fraction of sp³-hybridized carbons (Fsp3) is 0.471. The maximum Gasteiger partial charge on any atom is 0.326 e. The van der Waals surface area contributed by atoms with Crippen LogP contribution in [0.1, 0.15) is 25.8 Å². The molecule has 2 aliphatic heterocycles. The molecule has 3 rings (SSSR count). The van der Waals surface area contributed by atoms with Gasteiger partial charge in [0.15, 0.2) is 5.82 Å². The van der Waals surface area contributed by atoms with Crippen molar-refractivity contribution in [2.24, 2.45) is 11.8 Å². The van der Waals surface area contributed by atoms with Crippen LogP contribution in [0, 0.1) is 17.7 Å². The quantitative estimate of drug-likeness (QED) is 0.729. The minimum Gasteiger partial charge on any atom is -0.506 e. The van der Waals surface area contributed by atoms with Crippen molar-refractivity contribution in [2.45, 2.75) is 20.3 Å². The Bertz CT molecular complexity index is 867. The lowest BCUT2D eigenvalue weighted by molar-refractivity contribution is -0.117. The smallest absolute Gasteiger partial charge is 0.326 e. The van der Waals surface area contributed by atoms with Crippen molar-refractivity contribution in [2.75, 3.05) is 23.9 Å². The molecule has 2 aliphatic rings. The zero-order valence-corrected chi connectivity index (χ0v) is 15.4. The molecule has 142 valence electrons. The first-order valence-electron chi connectivity index (χ1n) is 8.45. The lowest BCUT2D eigenvalue weighted by atomic mass is 9.90. The third-order valence-corrected chi connectivity index (χ3v) is 5.82. The molecule has 0 aromatic heterocycles. The molecule has 1 atom stereocenters. The van der Waals surface area contributed by atoms with E-state index < -0.39 is 39.9 Å². The molecule has 0 spiro atoms. The van der Waals surface area contributed by atoms with Crippen LogP contribution in [0.4, 0.5) is 10.1 Å². The first-order valence-corrected chi connectivity index (χ1v) is 9.89. The summed E-state index contributed by atoms with van der Waals surface area (Å²) in [6.45, 7) is 4.91. The van der Waals surface area contributed by atoms with Crippen LogP contribution < -0.4 is 14.3 Å². The topological polar surface area (TPSA) is 98.7 Å². The molecule has 0 aliphatic carbocycles. The van der Waals surface area contributed by atoms with Crippen LogP contribution in [0.2, 0.25) is 0 Å². The summed E-state index contributed by atoms with van der Waals surface area (Å²) in [5.41, 5.74) is 0.414. The second-order valence-electron chi connectivity index (χ2n) is 7.04. The zero-order valence-electron chi connectivity index (χ0n) is 14.6. The largest absolute Gasteiger partial charge is 0.506 e. The van der Waals surface area contributed by atoms with Gasteiger partial charge in [-0.25, -0.2) is 13.4 Å². The molecular formula is C17H22FN3O4S. The van der Waals surface area contributed by atoms with Gasteiger partial charge in [-0.3, -0.25) is 4.79 Å². The molecule has 1 aromatic rings. The maximum absolute atomic E-state index is 15.2. The molecule has 26 heavy (non-hydrogen) atoms. The van der Waals surface area contributed by atoms with E-state index in [0.29, 0.717) is 22.3 Å². The van der Waals surface area contributed by atoms with Crippen LogP contribution in [-0.4, -0.2) is 39.1 Å². The van der Waals surface area contributed by atoms with Crippen LogP contribution >= 0.6 is 0 Å². The third-order valence-electron chi connectivity index (χ3n) is 4.44. The molecule has 2 heterocycles. The minimum absolute atomic E-state index is 0.216. The highest BCUT2D eigenvalue weighted by Gasteiger charge is 2.38. The summed E-state index contributed by atoms with van der Waals surface area (Å²) in [4.78, 5) is 11.4. The molecule has 1 unspecified atom stereocenters. The average Bonchev–Trinajstić information content (AvgIpc) is 2.79. The summed E-state index contributed by atoms with van der Waals surface area (Å²) in [6.07, 6.45) is 2.94. The van der Waals surface area contributed by atoms with Gasteiger partial charge in [-0.2, -0.15) is 8.42 Å². The summed E-state index contributed by atoms with van der Waals surface area (Å²) in [5, 5.41) is 13.3. The number of carbonyl (C=O) groups is 1. The van der Waals surface area contributed by atoms with Gasteiger partial charge < -0.3 is 10.4 Å². The molecule has 1 aromatic carbocycles. The van der Waals surface area contributed by atoms with Gasteiger partial charge in [0.1, 0.15) is 18.0 Å². The van der Waals surface area contributed by atoms with Crippen molar-refractivity contribution in [3.05, 3.63) is 29.6 Å². The summed E-state index contributed by atoms with van der Waals surface area (Å²) in [7, 11) is -4.21. The van der Waals surface area contributed by atoms with E-state index in [4.69, 9.17) is 0 Å². The number of rotatable bonds is 4. The predicted octanol–water partition coefficient (Wildman–Crippen LogP) is 1.36. The highest BCUT2D eigenvalue weighted by molar-refractivity contribution is 7.92. The Hall–Kier alpha value is -2.13. The third kappa shape index (κ3) is 3.54. The van der Waals surface area contributed by atoms with E-state index in [1.54, 1.807) is 4.72 Å². The van der Waals surface area contributed by atoms with E-state index in [9.17, 15) is 18.3 Å². The summed E-state index contributed by atoms with van der Waals surface area (Å²) in [5.74, 6) is -1.43. The van der Waals surface area contributed by atoms with Crippen LogP contribution in [0.3, 0.4) is 0 Å². The second-order valence-corrected chi connectivity index (χ2v) is 8.64. The standard InChI is InChI=1S/C17H22FN3O4S/c1-10(2)5-11-6-12(8-19-7-11)13-3-4-14(22)17(16(13)18)21-9-15(23)20-26(21,24)25/h3-4,6,10-11,19,22H,5,7-9H2,1-2H3,(H,20,23). The second kappa shape index (κ2) is 6.88. The van der Waals surface area contributed by atoms with E-state index in [-0.39, 0.29) is 11.5 Å². The van der Waals surface area contributed by atoms with Gasteiger partial charge in [0.25, 0.3) is 5.91 Å². The van der Waals surface area contributed by atoms with Gasteiger partial charge in [-0.1, -0.05) is 19.9 Å². The van der Waals surface area contributed by atoms with Crippen LogP contribution in [0.5, 0.6) is 5.75 Å². The monoisotopic (exact) mass is 383 g/mol. The number of nitrogens with zero attached hydrogens (tertiary/aromatic N) is 1. The molecule has 9 heteroatoms. The van der Waals surface area contributed by atoms with E-state index >= 15 is 4.39 Å². The molecule has 1 amide bonds. The number of phenols is 1. The van der Waals surface area contributed by atoms with E-state index in [2.05, 4.69) is 19.2 Å². The fourth-order valence-electron chi connectivity index (χ4n) is 3.42. The Morgan fingerprint density at radius 3 is 2.73 bits per heavy atom. The SMILES string of the molecule is CC(C)CC1C=C(c2ccc(O)c(N3CC(=O)NS3(=O)=O)c2F)CNC1. The molecule has 0 radical (unpaired) electrons. The molecular weight excluding hydrogens is 361 g/mol. The van der Waals surface area contributed by atoms with Crippen molar-refractivity contribution in [1.29, 1.82) is 0 Å². The highest BCUT2D eigenvalue weighted by Crippen LogP contribution is 2.38. The van der Waals surface area contributed by atoms with E-state index in [0.717, 1.165) is 13.0 Å². The van der Waals surface area contributed by atoms with Gasteiger partial charge in [0, 0.05) is 18.7 Å². The van der Waals surface area contributed by atoms with Crippen LogP contribution in [0.25, 0.3) is 5.57 Å². The van der Waals surface area contributed by atoms with E-state index in [1.165, 1.54) is 12.1 Å². The van der Waals surface area contributed by atoms with Gasteiger partial charge in [0.2, 0.25) is 0 Å². The van der Waals surface area contributed by atoms with Crippen LogP contribution in [-0.2, 0) is 15.0 Å². The minimum atomic E-state index is -4.21. The Labute approximate surface area is 152 Å². The van der Waals surface area contributed by atoms with Crippen LogP contribution in [0.15, 0.2) is 18.2 Å².